The Morgan fingerprint density at radius 3 is 2.85 bits per heavy atom. The minimum absolute atomic E-state index is 0.225. The van der Waals surface area contributed by atoms with E-state index in [0.717, 1.165) is 10.0 Å². The predicted octanol–water partition coefficient (Wildman–Crippen LogP) is 4.45. The molecule has 0 saturated carbocycles. The van der Waals surface area contributed by atoms with Gasteiger partial charge in [0.1, 0.15) is 4.88 Å². The molecule has 0 radical (unpaired) electrons. The van der Waals surface area contributed by atoms with Gasteiger partial charge in [-0.1, -0.05) is 32.0 Å². The molecule has 0 aliphatic heterocycles. The normalized spacial score (nSPS) is 10.9. The molecular weight excluding hydrogens is 376 g/mol. The number of aromatic nitrogens is 2. The highest BCUT2D eigenvalue weighted by Gasteiger charge is 2.23. The molecule has 0 atom stereocenters. The largest absolute Gasteiger partial charge is 0.320 e. The van der Waals surface area contributed by atoms with E-state index in [9.17, 15) is 13.6 Å². The fourth-order valence-electron chi connectivity index (χ4n) is 1.43. The Morgan fingerprint density at radius 1 is 1.50 bits per heavy atom. The molecule has 0 saturated heterocycles. The third-order valence-corrected chi connectivity index (χ3v) is 4.33. The van der Waals surface area contributed by atoms with Crippen LogP contribution in [-0.2, 0) is 0 Å². The van der Waals surface area contributed by atoms with Crippen LogP contribution in [0, 0.1) is 6.92 Å². The SMILES string of the molecule is Cc1cc(NC(=O)c2snnc2C(F)F)c(Cl)cc1Br. The molecule has 20 heavy (non-hydrogen) atoms. The van der Waals surface area contributed by atoms with Gasteiger partial charge >= 0.3 is 0 Å². The molecule has 2 rings (SSSR count). The van der Waals surface area contributed by atoms with E-state index in [1.54, 1.807) is 12.1 Å². The lowest BCUT2D eigenvalue weighted by Crippen LogP contribution is -2.13. The first kappa shape index (κ1) is 15.3. The molecule has 0 aliphatic rings. The first-order chi connectivity index (χ1) is 9.40. The van der Waals surface area contributed by atoms with Gasteiger partial charge in [0.2, 0.25) is 0 Å². The van der Waals surface area contributed by atoms with Crippen LogP contribution in [0.3, 0.4) is 0 Å². The lowest BCUT2D eigenvalue weighted by atomic mass is 10.2. The Morgan fingerprint density at radius 2 is 2.20 bits per heavy atom. The quantitative estimate of drug-likeness (QED) is 0.853. The second kappa shape index (κ2) is 6.11. The molecule has 0 spiro atoms. The molecule has 0 aliphatic carbocycles. The number of nitrogens with zero attached hydrogens (tertiary/aromatic N) is 2. The number of hydrogen-bond donors (Lipinski definition) is 1. The zero-order chi connectivity index (χ0) is 14.9. The van der Waals surface area contributed by atoms with E-state index in [4.69, 9.17) is 11.6 Å². The maximum Gasteiger partial charge on any atom is 0.283 e. The number of anilines is 1. The summed E-state index contributed by atoms with van der Waals surface area (Å²) < 4.78 is 29.5. The van der Waals surface area contributed by atoms with Crippen molar-refractivity contribution in [2.45, 2.75) is 13.3 Å². The fraction of sp³-hybridized carbons (Fsp3) is 0.182. The van der Waals surface area contributed by atoms with Crippen LogP contribution < -0.4 is 5.32 Å². The van der Waals surface area contributed by atoms with Crippen molar-refractivity contribution in [2.75, 3.05) is 5.32 Å². The van der Waals surface area contributed by atoms with Gasteiger partial charge in [-0.25, -0.2) is 8.78 Å². The lowest BCUT2D eigenvalue weighted by Gasteiger charge is -2.09. The first-order valence-corrected chi connectivity index (χ1v) is 7.22. The molecule has 0 bridgehead atoms. The number of aryl methyl sites for hydroxylation is 1. The Labute approximate surface area is 130 Å². The maximum absolute atomic E-state index is 12.6. The van der Waals surface area contributed by atoms with E-state index in [1.165, 1.54) is 0 Å². The van der Waals surface area contributed by atoms with Crippen LogP contribution in [0.2, 0.25) is 5.02 Å². The van der Waals surface area contributed by atoms with Crippen LogP contribution in [0.5, 0.6) is 0 Å². The van der Waals surface area contributed by atoms with Gasteiger partial charge in [0.25, 0.3) is 12.3 Å². The van der Waals surface area contributed by atoms with Crippen molar-refractivity contribution in [3.63, 3.8) is 0 Å². The summed E-state index contributed by atoms with van der Waals surface area (Å²) in [4.78, 5) is 11.7. The highest BCUT2D eigenvalue weighted by molar-refractivity contribution is 9.10. The Balaban J connectivity index is 2.28. The maximum atomic E-state index is 12.6. The highest BCUT2D eigenvalue weighted by atomic mass is 79.9. The molecular formula is C11H7BrClF2N3OS. The fourth-order valence-corrected chi connectivity index (χ4v) is 2.68. The van der Waals surface area contributed by atoms with Gasteiger partial charge in [-0.05, 0) is 36.2 Å². The molecule has 1 N–H and O–H groups in total. The second-order valence-electron chi connectivity index (χ2n) is 3.82. The topological polar surface area (TPSA) is 54.9 Å². The summed E-state index contributed by atoms with van der Waals surface area (Å²) in [5.74, 6) is -0.709. The van der Waals surface area contributed by atoms with Crippen molar-refractivity contribution in [1.29, 1.82) is 0 Å². The summed E-state index contributed by atoms with van der Waals surface area (Å²) in [5, 5.41) is 6.03. The molecule has 0 fully saturated rings. The van der Waals surface area contributed by atoms with Crippen molar-refractivity contribution in [3.05, 3.63) is 37.8 Å². The summed E-state index contributed by atoms with van der Waals surface area (Å²) in [7, 11) is 0. The number of halogens is 4. The van der Waals surface area contributed by atoms with E-state index in [2.05, 4.69) is 30.8 Å². The van der Waals surface area contributed by atoms with E-state index < -0.39 is 18.0 Å². The zero-order valence-electron chi connectivity index (χ0n) is 9.95. The number of rotatable bonds is 3. The van der Waals surface area contributed by atoms with Crippen LogP contribution in [0.15, 0.2) is 16.6 Å². The number of benzene rings is 1. The summed E-state index contributed by atoms with van der Waals surface area (Å²) >= 11 is 9.90. The molecule has 2 aromatic rings. The Kier molecular flexibility index (Phi) is 4.66. The van der Waals surface area contributed by atoms with Crippen LogP contribution in [0.1, 0.15) is 27.4 Å². The van der Waals surface area contributed by atoms with Crippen molar-refractivity contribution in [2.24, 2.45) is 0 Å². The number of amides is 1. The van der Waals surface area contributed by atoms with Crippen LogP contribution in [0.25, 0.3) is 0 Å². The minimum atomic E-state index is -2.85. The summed E-state index contributed by atoms with van der Waals surface area (Å²) in [6.45, 7) is 1.81. The summed E-state index contributed by atoms with van der Waals surface area (Å²) in [6.07, 6.45) is -2.85. The molecule has 9 heteroatoms. The Bertz CT molecular complexity index is 665. The highest BCUT2D eigenvalue weighted by Crippen LogP contribution is 2.30. The molecule has 1 aromatic carbocycles. The van der Waals surface area contributed by atoms with E-state index in [-0.39, 0.29) is 4.88 Å². The van der Waals surface area contributed by atoms with E-state index in [0.29, 0.717) is 22.2 Å². The number of carbonyl (C=O) groups excluding carboxylic acids is 1. The molecule has 106 valence electrons. The van der Waals surface area contributed by atoms with Crippen LogP contribution >= 0.6 is 39.1 Å². The average molecular weight is 383 g/mol. The molecule has 1 aromatic heterocycles. The third-order valence-electron chi connectivity index (χ3n) is 2.42. The number of hydrogen-bond acceptors (Lipinski definition) is 4. The molecule has 0 unspecified atom stereocenters. The third kappa shape index (κ3) is 3.13. The summed E-state index contributed by atoms with van der Waals surface area (Å²) in [5.41, 5.74) is 0.560. The molecule has 4 nitrogen and oxygen atoms in total. The van der Waals surface area contributed by atoms with Gasteiger partial charge in [-0.3, -0.25) is 4.79 Å². The van der Waals surface area contributed by atoms with Crippen molar-refractivity contribution in [1.82, 2.24) is 9.59 Å². The van der Waals surface area contributed by atoms with Gasteiger partial charge in [-0.15, -0.1) is 5.10 Å². The van der Waals surface area contributed by atoms with Gasteiger partial charge in [0, 0.05) is 4.47 Å². The number of alkyl halides is 2. The Hall–Kier alpha value is -1.12. The first-order valence-electron chi connectivity index (χ1n) is 5.27. The zero-order valence-corrected chi connectivity index (χ0v) is 13.1. The minimum Gasteiger partial charge on any atom is -0.320 e. The second-order valence-corrected chi connectivity index (χ2v) is 5.84. The number of carbonyl (C=O) groups is 1. The van der Waals surface area contributed by atoms with Crippen LogP contribution in [0.4, 0.5) is 14.5 Å². The van der Waals surface area contributed by atoms with E-state index >= 15 is 0 Å². The molecule has 1 amide bonds. The van der Waals surface area contributed by atoms with E-state index in [1.807, 2.05) is 6.92 Å². The monoisotopic (exact) mass is 381 g/mol. The smallest absolute Gasteiger partial charge is 0.283 e. The van der Waals surface area contributed by atoms with Gasteiger partial charge < -0.3 is 5.32 Å². The predicted molar refractivity (Wildman–Crippen MR) is 76.7 cm³/mol. The van der Waals surface area contributed by atoms with Gasteiger partial charge in [0.05, 0.1) is 10.7 Å². The van der Waals surface area contributed by atoms with Gasteiger partial charge in [-0.2, -0.15) is 0 Å². The average Bonchev–Trinajstić information content (AvgIpc) is 2.85. The van der Waals surface area contributed by atoms with Crippen molar-refractivity contribution < 1.29 is 13.6 Å². The van der Waals surface area contributed by atoms with Crippen molar-refractivity contribution in [3.8, 4) is 0 Å². The van der Waals surface area contributed by atoms with Crippen molar-refractivity contribution >= 4 is 50.7 Å². The lowest BCUT2D eigenvalue weighted by molar-refractivity contribution is 0.101. The molecule has 1 heterocycles. The van der Waals surface area contributed by atoms with Crippen LogP contribution in [-0.4, -0.2) is 15.5 Å². The summed E-state index contributed by atoms with van der Waals surface area (Å²) in [6, 6.07) is 3.26. The van der Waals surface area contributed by atoms with Gasteiger partial charge in [0.15, 0.2) is 5.69 Å². The number of nitrogens with one attached hydrogen (secondary N) is 1. The standard InChI is InChI=1S/C11H7BrClF2N3OS/c1-4-2-7(6(13)3-5(4)12)16-11(19)9-8(10(14)15)17-18-20-9/h2-3,10H,1H3,(H,16,19).